The number of halogens is 2. The lowest BCUT2D eigenvalue weighted by atomic mass is 9.99. The molecule has 20 heavy (non-hydrogen) atoms. The van der Waals surface area contributed by atoms with E-state index in [4.69, 9.17) is 0 Å². The van der Waals surface area contributed by atoms with E-state index in [-0.39, 0.29) is 5.82 Å². The van der Waals surface area contributed by atoms with Gasteiger partial charge in [0.2, 0.25) is 0 Å². The van der Waals surface area contributed by atoms with Gasteiger partial charge in [0.15, 0.2) is 0 Å². The van der Waals surface area contributed by atoms with Crippen molar-refractivity contribution in [2.75, 3.05) is 17.2 Å². The molecule has 3 rings (SSSR count). The minimum atomic E-state index is -0.232. The van der Waals surface area contributed by atoms with Crippen LogP contribution in [0.5, 0.6) is 0 Å². The van der Waals surface area contributed by atoms with Crippen LogP contribution < -0.4 is 10.6 Å². The molecule has 0 spiro atoms. The van der Waals surface area contributed by atoms with Gasteiger partial charge in [-0.3, -0.25) is 0 Å². The van der Waals surface area contributed by atoms with Gasteiger partial charge in [-0.2, -0.15) is 0 Å². The standard InChI is InChI=1S/C16H16BrFN2/c17-14-7-6-13(18)9-15(14)20-10-12-4-1-3-11-5-2-8-19-16(11)12/h1,3-4,6-7,9,19-20H,2,5,8,10H2. The highest BCUT2D eigenvalue weighted by atomic mass is 79.9. The molecule has 2 N–H and O–H groups in total. The first-order chi connectivity index (χ1) is 9.74. The highest BCUT2D eigenvalue weighted by molar-refractivity contribution is 9.10. The van der Waals surface area contributed by atoms with Gasteiger partial charge in [-0.25, -0.2) is 4.39 Å². The van der Waals surface area contributed by atoms with E-state index in [1.165, 1.54) is 35.4 Å². The molecule has 2 aromatic rings. The van der Waals surface area contributed by atoms with E-state index in [0.717, 1.165) is 23.1 Å². The first-order valence-electron chi connectivity index (χ1n) is 6.77. The van der Waals surface area contributed by atoms with Gasteiger partial charge >= 0.3 is 0 Å². The number of benzene rings is 2. The predicted octanol–water partition coefficient (Wildman–Crippen LogP) is 4.56. The van der Waals surface area contributed by atoms with Crippen LogP contribution in [0.2, 0.25) is 0 Å². The molecule has 104 valence electrons. The van der Waals surface area contributed by atoms with Crippen molar-refractivity contribution >= 4 is 27.3 Å². The lowest BCUT2D eigenvalue weighted by Gasteiger charge is -2.21. The summed E-state index contributed by atoms with van der Waals surface area (Å²) in [5, 5.41) is 6.76. The second-order valence-electron chi connectivity index (χ2n) is 4.96. The quantitative estimate of drug-likeness (QED) is 0.859. The summed E-state index contributed by atoms with van der Waals surface area (Å²) < 4.78 is 14.1. The smallest absolute Gasteiger partial charge is 0.125 e. The number of nitrogens with one attached hydrogen (secondary N) is 2. The highest BCUT2D eigenvalue weighted by Gasteiger charge is 2.12. The first-order valence-corrected chi connectivity index (χ1v) is 7.57. The Labute approximate surface area is 126 Å². The molecular weight excluding hydrogens is 319 g/mol. The molecule has 0 unspecified atom stereocenters. The average molecular weight is 335 g/mol. The van der Waals surface area contributed by atoms with Crippen molar-refractivity contribution in [3.63, 3.8) is 0 Å². The maximum Gasteiger partial charge on any atom is 0.125 e. The molecular formula is C16H16BrFN2. The van der Waals surface area contributed by atoms with E-state index in [1.54, 1.807) is 6.07 Å². The molecule has 2 nitrogen and oxygen atoms in total. The van der Waals surface area contributed by atoms with Crippen LogP contribution in [0, 0.1) is 5.82 Å². The Balaban J connectivity index is 1.80. The fraction of sp³-hybridized carbons (Fsp3) is 0.250. The number of anilines is 2. The van der Waals surface area contributed by atoms with Crippen molar-refractivity contribution in [1.82, 2.24) is 0 Å². The Morgan fingerprint density at radius 2 is 2.15 bits per heavy atom. The van der Waals surface area contributed by atoms with E-state index in [2.05, 4.69) is 44.8 Å². The third kappa shape index (κ3) is 2.80. The van der Waals surface area contributed by atoms with E-state index < -0.39 is 0 Å². The summed E-state index contributed by atoms with van der Waals surface area (Å²) in [6.45, 7) is 1.70. The molecule has 0 bridgehead atoms. The van der Waals surface area contributed by atoms with Crippen LogP contribution in [0.1, 0.15) is 17.5 Å². The Morgan fingerprint density at radius 3 is 3.05 bits per heavy atom. The maximum atomic E-state index is 13.3. The average Bonchev–Trinajstić information content (AvgIpc) is 2.48. The summed E-state index contributed by atoms with van der Waals surface area (Å²) in [6, 6.07) is 11.0. The minimum Gasteiger partial charge on any atom is -0.385 e. The summed E-state index contributed by atoms with van der Waals surface area (Å²) in [6.07, 6.45) is 2.30. The summed E-state index contributed by atoms with van der Waals surface area (Å²) in [5.74, 6) is -0.232. The fourth-order valence-corrected chi connectivity index (χ4v) is 2.94. The molecule has 1 aliphatic rings. The molecule has 0 atom stereocenters. The highest BCUT2D eigenvalue weighted by Crippen LogP contribution is 2.28. The van der Waals surface area contributed by atoms with Crippen molar-refractivity contribution in [2.24, 2.45) is 0 Å². The van der Waals surface area contributed by atoms with Gasteiger partial charge in [-0.05, 0) is 58.1 Å². The number of aryl methyl sites for hydroxylation is 1. The number of hydrogen-bond acceptors (Lipinski definition) is 2. The normalized spacial score (nSPS) is 13.5. The molecule has 1 heterocycles. The predicted molar refractivity (Wildman–Crippen MR) is 84.7 cm³/mol. The summed E-state index contributed by atoms with van der Waals surface area (Å²) in [4.78, 5) is 0. The first kappa shape index (κ1) is 13.4. The van der Waals surface area contributed by atoms with Crippen molar-refractivity contribution in [3.8, 4) is 0 Å². The van der Waals surface area contributed by atoms with E-state index in [9.17, 15) is 4.39 Å². The van der Waals surface area contributed by atoms with Gasteiger partial charge in [0.05, 0.1) is 5.69 Å². The minimum absolute atomic E-state index is 0.232. The molecule has 0 amide bonds. The lowest BCUT2D eigenvalue weighted by molar-refractivity contribution is 0.628. The number of rotatable bonds is 3. The van der Waals surface area contributed by atoms with Crippen LogP contribution in [0.15, 0.2) is 40.9 Å². The molecule has 0 saturated carbocycles. The lowest BCUT2D eigenvalue weighted by Crippen LogP contribution is -2.15. The molecule has 1 aliphatic heterocycles. The zero-order valence-electron chi connectivity index (χ0n) is 11.0. The molecule has 0 radical (unpaired) electrons. The second-order valence-corrected chi connectivity index (χ2v) is 5.81. The third-order valence-electron chi connectivity index (χ3n) is 3.56. The topological polar surface area (TPSA) is 24.1 Å². The molecule has 0 saturated heterocycles. The SMILES string of the molecule is Fc1ccc(Br)c(NCc2cccc3c2NCCC3)c1. The molecule has 4 heteroatoms. The van der Waals surface area contributed by atoms with Gasteiger partial charge in [0.25, 0.3) is 0 Å². The zero-order chi connectivity index (χ0) is 13.9. The van der Waals surface area contributed by atoms with E-state index >= 15 is 0 Å². The summed E-state index contributed by atoms with van der Waals surface area (Å²) in [7, 11) is 0. The Kier molecular flexibility index (Phi) is 3.92. The van der Waals surface area contributed by atoms with Gasteiger partial charge in [0, 0.05) is 23.2 Å². The number of para-hydroxylation sites is 1. The van der Waals surface area contributed by atoms with Crippen molar-refractivity contribution in [2.45, 2.75) is 19.4 Å². The Morgan fingerprint density at radius 1 is 1.25 bits per heavy atom. The third-order valence-corrected chi connectivity index (χ3v) is 4.25. The van der Waals surface area contributed by atoms with Crippen LogP contribution in [-0.2, 0) is 13.0 Å². The van der Waals surface area contributed by atoms with Gasteiger partial charge in [-0.1, -0.05) is 18.2 Å². The van der Waals surface area contributed by atoms with Crippen LogP contribution >= 0.6 is 15.9 Å². The van der Waals surface area contributed by atoms with Gasteiger partial charge < -0.3 is 10.6 Å². The van der Waals surface area contributed by atoms with Crippen LogP contribution in [-0.4, -0.2) is 6.54 Å². The van der Waals surface area contributed by atoms with Gasteiger partial charge in [-0.15, -0.1) is 0 Å². The molecule has 2 aromatic carbocycles. The number of fused-ring (bicyclic) bond motifs is 1. The molecule has 0 aliphatic carbocycles. The summed E-state index contributed by atoms with van der Waals surface area (Å²) >= 11 is 3.43. The van der Waals surface area contributed by atoms with Crippen molar-refractivity contribution in [3.05, 3.63) is 57.8 Å². The molecule has 0 fully saturated rings. The van der Waals surface area contributed by atoms with Crippen LogP contribution in [0.25, 0.3) is 0 Å². The van der Waals surface area contributed by atoms with Gasteiger partial charge in [0.1, 0.15) is 5.82 Å². The van der Waals surface area contributed by atoms with Crippen molar-refractivity contribution < 1.29 is 4.39 Å². The van der Waals surface area contributed by atoms with Crippen molar-refractivity contribution in [1.29, 1.82) is 0 Å². The zero-order valence-corrected chi connectivity index (χ0v) is 12.6. The van der Waals surface area contributed by atoms with Crippen LogP contribution in [0.4, 0.5) is 15.8 Å². The fourth-order valence-electron chi connectivity index (χ4n) is 2.55. The molecule has 0 aromatic heterocycles. The Bertz CT molecular complexity index is 628. The largest absolute Gasteiger partial charge is 0.385 e. The maximum absolute atomic E-state index is 13.3. The van der Waals surface area contributed by atoms with Crippen LogP contribution in [0.3, 0.4) is 0 Å². The van der Waals surface area contributed by atoms with E-state index in [0.29, 0.717) is 6.54 Å². The summed E-state index contributed by atoms with van der Waals surface area (Å²) in [5.41, 5.74) is 4.60. The number of hydrogen-bond donors (Lipinski definition) is 2. The Hall–Kier alpha value is -1.55. The second kappa shape index (κ2) is 5.83. The monoisotopic (exact) mass is 334 g/mol. The van der Waals surface area contributed by atoms with E-state index in [1.807, 2.05) is 0 Å².